The lowest BCUT2D eigenvalue weighted by Crippen LogP contribution is -2.27. The molecule has 1 N–H and O–H groups in total. The Kier molecular flexibility index (Phi) is 4.51. The molecule has 102 valence electrons. The van der Waals surface area contributed by atoms with Crippen LogP contribution in [0.3, 0.4) is 0 Å². The summed E-state index contributed by atoms with van der Waals surface area (Å²) < 4.78 is 37.4. The SMILES string of the molecule is CN(C)CC(=O)Nc1ccc(C(F)(F)F)cc1C#N. The molecular weight excluding hydrogens is 259 g/mol. The summed E-state index contributed by atoms with van der Waals surface area (Å²) in [5.41, 5.74) is -1.07. The van der Waals surface area contributed by atoms with Gasteiger partial charge in [-0.2, -0.15) is 18.4 Å². The number of likely N-dealkylation sites (N-methyl/N-ethyl adjacent to an activating group) is 1. The van der Waals surface area contributed by atoms with E-state index < -0.39 is 17.6 Å². The predicted octanol–water partition coefficient (Wildman–Crippen LogP) is 2.08. The summed E-state index contributed by atoms with van der Waals surface area (Å²) in [5.74, 6) is -0.402. The average molecular weight is 271 g/mol. The maximum absolute atomic E-state index is 12.5. The first-order valence-corrected chi connectivity index (χ1v) is 5.30. The Balaban J connectivity index is 2.98. The van der Waals surface area contributed by atoms with Crippen LogP contribution >= 0.6 is 0 Å². The molecule has 0 aliphatic carbocycles. The first-order chi connectivity index (χ1) is 8.74. The van der Waals surface area contributed by atoms with E-state index in [1.54, 1.807) is 25.1 Å². The van der Waals surface area contributed by atoms with Gasteiger partial charge in [0.2, 0.25) is 5.91 Å². The van der Waals surface area contributed by atoms with Gasteiger partial charge in [0.05, 0.1) is 23.4 Å². The summed E-state index contributed by atoms with van der Waals surface area (Å²) >= 11 is 0. The van der Waals surface area contributed by atoms with E-state index in [2.05, 4.69) is 5.32 Å². The van der Waals surface area contributed by atoms with Crippen LogP contribution in [0.2, 0.25) is 0 Å². The Hall–Kier alpha value is -2.07. The number of halogens is 3. The van der Waals surface area contributed by atoms with Crippen LogP contribution in [0.1, 0.15) is 11.1 Å². The van der Waals surface area contributed by atoms with Crippen LogP contribution in [0.5, 0.6) is 0 Å². The van der Waals surface area contributed by atoms with Gasteiger partial charge in [-0.05, 0) is 32.3 Å². The van der Waals surface area contributed by atoms with Crippen molar-refractivity contribution in [2.24, 2.45) is 0 Å². The van der Waals surface area contributed by atoms with Gasteiger partial charge in [0, 0.05) is 0 Å². The number of anilines is 1. The average Bonchev–Trinajstić information content (AvgIpc) is 2.26. The summed E-state index contributed by atoms with van der Waals surface area (Å²) in [7, 11) is 3.36. The summed E-state index contributed by atoms with van der Waals surface area (Å²) in [6.45, 7) is 0.0753. The van der Waals surface area contributed by atoms with Gasteiger partial charge in [0.25, 0.3) is 0 Å². The molecule has 0 spiro atoms. The van der Waals surface area contributed by atoms with Crippen molar-refractivity contribution >= 4 is 11.6 Å². The largest absolute Gasteiger partial charge is 0.416 e. The lowest BCUT2D eigenvalue weighted by atomic mass is 10.1. The van der Waals surface area contributed by atoms with E-state index in [1.165, 1.54) is 0 Å². The number of rotatable bonds is 3. The third-order valence-electron chi connectivity index (χ3n) is 2.20. The highest BCUT2D eigenvalue weighted by Gasteiger charge is 2.31. The zero-order valence-electron chi connectivity index (χ0n) is 10.4. The fraction of sp³-hybridized carbons (Fsp3) is 0.333. The number of amides is 1. The van der Waals surface area contributed by atoms with E-state index in [0.717, 1.165) is 12.1 Å². The molecule has 0 aromatic heterocycles. The minimum absolute atomic E-state index is 0.0716. The molecule has 0 unspecified atom stereocenters. The van der Waals surface area contributed by atoms with E-state index in [4.69, 9.17) is 5.26 Å². The summed E-state index contributed by atoms with van der Waals surface area (Å²) in [6, 6.07) is 4.26. The predicted molar refractivity (Wildman–Crippen MR) is 63.3 cm³/mol. The highest BCUT2D eigenvalue weighted by Crippen LogP contribution is 2.31. The quantitative estimate of drug-likeness (QED) is 0.915. The van der Waals surface area contributed by atoms with E-state index >= 15 is 0 Å². The van der Waals surface area contributed by atoms with Crippen molar-refractivity contribution in [3.05, 3.63) is 29.3 Å². The van der Waals surface area contributed by atoms with E-state index in [0.29, 0.717) is 6.07 Å². The maximum atomic E-state index is 12.5. The minimum Gasteiger partial charge on any atom is -0.324 e. The first kappa shape index (κ1) is 15.0. The molecule has 0 fully saturated rings. The zero-order chi connectivity index (χ0) is 14.6. The van der Waals surface area contributed by atoms with Gasteiger partial charge in [-0.3, -0.25) is 4.79 Å². The molecule has 4 nitrogen and oxygen atoms in total. The topological polar surface area (TPSA) is 56.1 Å². The van der Waals surface area contributed by atoms with Gasteiger partial charge in [0.1, 0.15) is 6.07 Å². The van der Waals surface area contributed by atoms with Crippen molar-refractivity contribution in [1.29, 1.82) is 5.26 Å². The Bertz CT molecular complexity index is 518. The smallest absolute Gasteiger partial charge is 0.324 e. The summed E-state index contributed by atoms with van der Waals surface area (Å²) in [5, 5.41) is 11.2. The normalized spacial score (nSPS) is 11.2. The number of carbonyl (C=O) groups is 1. The summed E-state index contributed by atoms with van der Waals surface area (Å²) in [4.78, 5) is 13.1. The number of hydrogen-bond donors (Lipinski definition) is 1. The molecule has 0 heterocycles. The molecule has 0 saturated heterocycles. The van der Waals surface area contributed by atoms with Crippen LogP contribution in [-0.2, 0) is 11.0 Å². The number of nitrogens with one attached hydrogen (secondary N) is 1. The second-order valence-corrected chi connectivity index (χ2v) is 4.16. The van der Waals surface area contributed by atoms with Crippen molar-refractivity contribution in [1.82, 2.24) is 4.90 Å². The Morgan fingerprint density at radius 1 is 1.42 bits per heavy atom. The van der Waals surface area contributed by atoms with Gasteiger partial charge in [0.15, 0.2) is 0 Å². The Morgan fingerprint density at radius 3 is 2.53 bits per heavy atom. The minimum atomic E-state index is -4.52. The molecule has 0 atom stereocenters. The second kappa shape index (κ2) is 5.71. The summed E-state index contributed by atoms with van der Waals surface area (Å²) in [6.07, 6.45) is -4.52. The van der Waals surface area contributed by atoms with E-state index in [9.17, 15) is 18.0 Å². The molecule has 1 rings (SSSR count). The van der Waals surface area contributed by atoms with Crippen LogP contribution in [0, 0.1) is 11.3 Å². The fourth-order valence-corrected chi connectivity index (χ4v) is 1.40. The van der Waals surface area contributed by atoms with Crippen molar-refractivity contribution in [3.8, 4) is 6.07 Å². The molecule has 19 heavy (non-hydrogen) atoms. The Morgan fingerprint density at radius 2 is 2.05 bits per heavy atom. The van der Waals surface area contributed by atoms with Gasteiger partial charge < -0.3 is 10.2 Å². The number of carbonyl (C=O) groups excluding carboxylic acids is 1. The third kappa shape index (κ3) is 4.26. The number of alkyl halides is 3. The maximum Gasteiger partial charge on any atom is 0.416 e. The van der Waals surface area contributed by atoms with Gasteiger partial charge >= 0.3 is 6.18 Å². The number of nitriles is 1. The third-order valence-corrected chi connectivity index (χ3v) is 2.20. The molecule has 1 amide bonds. The van der Waals surface area contributed by atoms with Gasteiger partial charge in [-0.1, -0.05) is 0 Å². The van der Waals surface area contributed by atoms with Crippen molar-refractivity contribution in [2.75, 3.05) is 26.0 Å². The highest BCUT2D eigenvalue weighted by molar-refractivity contribution is 5.93. The lowest BCUT2D eigenvalue weighted by Gasteiger charge is -2.12. The molecule has 1 aromatic rings. The van der Waals surface area contributed by atoms with Gasteiger partial charge in [-0.15, -0.1) is 0 Å². The Labute approximate surface area is 108 Å². The molecule has 0 bridgehead atoms. The van der Waals surface area contributed by atoms with E-state index in [-0.39, 0.29) is 17.8 Å². The number of benzene rings is 1. The van der Waals surface area contributed by atoms with Crippen LogP contribution < -0.4 is 5.32 Å². The van der Waals surface area contributed by atoms with Crippen molar-refractivity contribution < 1.29 is 18.0 Å². The van der Waals surface area contributed by atoms with Crippen LogP contribution in [-0.4, -0.2) is 31.4 Å². The van der Waals surface area contributed by atoms with Crippen molar-refractivity contribution in [3.63, 3.8) is 0 Å². The van der Waals surface area contributed by atoms with Gasteiger partial charge in [-0.25, -0.2) is 0 Å². The molecule has 0 aliphatic heterocycles. The van der Waals surface area contributed by atoms with Crippen LogP contribution in [0.25, 0.3) is 0 Å². The number of hydrogen-bond acceptors (Lipinski definition) is 3. The second-order valence-electron chi connectivity index (χ2n) is 4.16. The number of nitrogens with zero attached hydrogens (tertiary/aromatic N) is 2. The molecule has 1 aromatic carbocycles. The molecule has 0 aliphatic rings. The first-order valence-electron chi connectivity index (χ1n) is 5.30. The monoisotopic (exact) mass is 271 g/mol. The molecule has 0 saturated carbocycles. The standard InChI is InChI=1S/C12H12F3N3O/c1-18(2)7-11(19)17-10-4-3-9(12(13,14)15)5-8(10)6-16/h3-5H,7H2,1-2H3,(H,17,19). The lowest BCUT2D eigenvalue weighted by molar-refractivity contribution is -0.137. The highest BCUT2D eigenvalue weighted by atomic mass is 19.4. The molecule has 0 radical (unpaired) electrons. The fourth-order valence-electron chi connectivity index (χ4n) is 1.40. The van der Waals surface area contributed by atoms with E-state index in [1.807, 2.05) is 0 Å². The molecule has 7 heteroatoms. The van der Waals surface area contributed by atoms with Crippen LogP contribution in [0.4, 0.5) is 18.9 Å². The zero-order valence-corrected chi connectivity index (χ0v) is 10.4. The van der Waals surface area contributed by atoms with Crippen molar-refractivity contribution in [2.45, 2.75) is 6.18 Å². The molecular formula is C12H12F3N3O. The van der Waals surface area contributed by atoms with Crippen LogP contribution in [0.15, 0.2) is 18.2 Å².